The maximum Gasteiger partial charge on any atom is 0.170 e. The highest BCUT2D eigenvalue weighted by Gasteiger charge is 2.14. The first-order valence-electron chi connectivity index (χ1n) is 7.58. The van der Waals surface area contributed by atoms with Crippen LogP contribution in [0.1, 0.15) is 32.1 Å². The van der Waals surface area contributed by atoms with E-state index in [1.807, 2.05) is 24.3 Å². The Bertz CT molecular complexity index is 430. The van der Waals surface area contributed by atoms with Gasteiger partial charge in [-0.15, -0.1) is 0 Å². The summed E-state index contributed by atoms with van der Waals surface area (Å²) in [5, 5.41) is 6.98. The fourth-order valence-corrected chi connectivity index (χ4v) is 2.65. The van der Waals surface area contributed by atoms with Crippen LogP contribution in [0.25, 0.3) is 0 Å². The first-order valence-corrected chi connectivity index (χ1v) is 7.99. The molecule has 0 amide bonds. The Morgan fingerprint density at radius 1 is 1.24 bits per heavy atom. The van der Waals surface area contributed by atoms with Crippen LogP contribution >= 0.6 is 12.2 Å². The summed E-state index contributed by atoms with van der Waals surface area (Å²) in [4.78, 5) is 0. The van der Waals surface area contributed by atoms with Crippen LogP contribution in [0, 0.1) is 0 Å². The predicted octanol–water partition coefficient (Wildman–Crippen LogP) is 3.33. The molecule has 1 aliphatic carbocycles. The SMILES string of the molecule is COc1ccc(NC(=S)NCCCOC2CCCC2)cc1. The monoisotopic (exact) mass is 308 g/mol. The zero-order valence-corrected chi connectivity index (χ0v) is 13.4. The minimum Gasteiger partial charge on any atom is -0.497 e. The molecule has 1 fully saturated rings. The molecule has 116 valence electrons. The molecule has 1 aliphatic rings. The number of hydrogen-bond acceptors (Lipinski definition) is 3. The van der Waals surface area contributed by atoms with Crippen molar-refractivity contribution >= 4 is 23.0 Å². The van der Waals surface area contributed by atoms with Gasteiger partial charge in [0.25, 0.3) is 0 Å². The maximum atomic E-state index is 5.81. The van der Waals surface area contributed by atoms with Crippen LogP contribution in [-0.4, -0.2) is 31.5 Å². The fourth-order valence-electron chi connectivity index (χ4n) is 2.43. The van der Waals surface area contributed by atoms with Gasteiger partial charge in [-0.2, -0.15) is 0 Å². The topological polar surface area (TPSA) is 42.5 Å². The predicted molar refractivity (Wildman–Crippen MR) is 90.0 cm³/mol. The van der Waals surface area contributed by atoms with E-state index in [9.17, 15) is 0 Å². The van der Waals surface area contributed by atoms with E-state index in [0.29, 0.717) is 11.2 Å². The van der Waals surface area contributed by atoms with Gasteiger partial charge in [0.15, 0.2) is 5.11 Å². The maximum absolute atomic E-state index is 5.81. The van der Waals surface area contributed by atoms with Crippen LogP contribution in [-0.2, 0) is 4.74 Å². The molecule has 0 radical (unpaired) electrons. The molecule has 0 atom stereocenters. The second-order valence-electron chi connectivity index (χ2n) is 5.24. The molecule has 5 heteroatoms. The summed E-state index contributed by atoms with van der Waals surface area (Å²) >= 11 is 5.26. The summed E-state index contributed by atoms with van der Waals surface area (Å²) in [6.07, 6.45) is 6.56. The molecule has 0 saturated heterocycles. The van der Waals surface area contributed by atoms with Crippen molar-refractivity contribution in [3.63, 3.8) is 0 Å². The van der Waals surface area contributed by atoms with Gasteiger partial charge in [-0.1, -0.05) is 12.8 Å². The minimum atomic E-state index is 0.495. The van der Waals surface area contributed by atoms with Gasteiger partial charge in [-0.05, 0) is 55.7 Å². The second-order valence-corrected chi connectivity index (χ2v) is 5.65. The average molecular weight is 308 g/mol. The number of methoxy groups -OCH3 is 1. The summed E-state index contributed by atoms with van der Waals surface area (Å²) in [6, 6.07) is 7.69. The van der Waals surface area contributed by atoms with Gasteiger partial charge in [-0.3, -0.25) is 0 Å². The van der Waals surface area contributed by atoms with E-state index in [1.165, 1.54) is 25.7 Å². The van der Waals surface area contributed by atoms with Crippen molar-refractivity contribution in [2.45, 2.75) is 38.2 Å². The Morgan fingerprint density at radius 2 is 1.95 bits per heavy atom. The fraction of sp³-hybridized carbons (Fsp3) is 0.562. The van der Waals surface area contributed by atoms with Crippen molar-refractivity contribution in [1.82, 2.24) is 5.32 Å². The Morgan fingerprint density at radius 3 is 2.62 bits per heavy atom. The lowest BCUT2D eigenvalue weighted by molar-refractivity contribution is 0.0574. The number of benzene rings is 1. The molecule has 2 N–H and O–H groups in total. The number of nitrogens with one attached hydrogen (secondary N) is 2. The highest BCUT2D eigenvalue weighted by Crippen LogP contribution is 2.20. The quantitative estimate of drug-likeness (QED) is 0.597. The third-order valence-electron chi connectivity index (χ3n) is 3.61. The third-order valence-corrected chi connectivity index (χ3v) is 3.86. The molecule has 0 bridgehead atoms. The van der Waals surface area contributed by atoms with Crippen LogP contribution in [0.15, 0.2) is 24.3 Å². The summed E-state index contributed by atoms with van der Waals surface area (Å²) in [7, 11) is 1.66. The summed E-state index contributed by atoms with van der Waals surface area (Å²) in [5.41, 5.74) is 0.954. The minimum absolute atomic E-state index is 0.495. The normalized spacial score (nSPS) is 14.9. The number of anilines is 1. The molecule has 1 aromatic carbocycles. The molecule has 2 rings (SSSR count). The van der Waals surface area contributed by atoms with Crippen molar-refractivity contribution in [1.29, 1.82) is 0 Å². The molecule has 0 aliphatic heterocycles. The van der Waals surface area contributed by atoms with Gasteiger partial charge in [0.2, 0.25) is 0 Å². The Hall–Kier alpha value is -1.33. The van der Waals surface area contributed by atoms with Crippen LogP contribution in [0.3, 0.4) is 0 Å². The van der Waals surface area contributed by atoms with E-state index >= 15 is 0 Å². The Balaban J connectivity index is 1.56. The van der Waals surface area contributed by atoms with Crippen LogP contribution in [0.2, 0.25) is 0 Å². The number of rotatable bonds is 7. The molecule has 0 unspecified atom stereocenters. The molecule has 0 spiro atoms. The van der Waals surface area contributed by atoms with Crippen molar-refractivity contribution in [3.8, 4) is 5.75 Å². The second kappa shape index (κ2) is 8.85. The summed E-state index contributed by atoms with van der Waals surface area (Å²) in [5.74, 6) is 0.837. The number of ether oxygens (including phenoxy) is 2. The first-order chi connectivity index (χ1) is 10.3. The van der Waals surface area contributed by atoms with E-state index in [2.05, 4.69) is 10.6 Å². The van der Waals surface area contributed by atoms with Crippen LogP contribution in [0.4, 0.5) is 5.69 Å². The van der Waals surface area contributed by atoms with Gasteiger partial charge in [-0.25, -0.2) is 0 Å². The molecular formula is C16H24N2O2S. The molecule has 4 nitrogen and oxygen atoms in total. The molecule has 0 aromatic heterocycles. The van der Waals surface area contributed by atoms with Gasteiger partial charge < -0.3 is 20.1 Å². The molecule has 0 heterocycles. The van der Waals surface area contributed by atoms with Crippen molar-refractivity contribution in [2.24, 2.45) is 0 Å². The standard InChI is InChI=1S/C16H24N2O2S/c1-19-14-9-7-13(8-10-14)18-16(21)17-11-4-12-20-15-5-2-3-6-15/h7-10,15H,2-6,11-12H2,1H3,(H2,17,18,21). The molecular weight excluding hydrogens is 284 g/mol. The van der Waals surface area contributed by atoms with Crippen LogP contribution < -0.4 is 15.4 Å². The van der Waals surface area contributed by atoms with Crippen molar-refractivity contribution in [2.75, 3.05) is 25.6 Å². The van der Waals surface area contributed by atoms with Crippen molar-refractivity contribution in [3.05, 3.63) is 24.3 Å². The van der Waals surface area contributed by atoms with E-state index < -0.39 is 0 Å². The lowest BCUT2D eigenvalue weighted by atomic mass is 10.3. The first kappa shape index (κ1) is 16.0. The zero-order chi connectivity index (χ0) is 14.9. The van der Waals surface area contributed by atoms with E-state index in [4.69, 9.17) is 21.7 Å². The third kappa shape index (κ3) is 5.89. The van der Waals surface area contributed by atoms with Gasteiger partial charge in [0, 0.05) is 18.8 Å². The van der Waals surface area contributed by atoms with Gasteiger partial charge in [0.1, 0.15) is 5.75 Å². The largest absolute Gasteiger partial charge is 0.497 e. The van der Waals surface area contributed by atoms with Crippen LogP contribution in [0.5, 0.6) is 5.75 Å². The van der Waals surface area contributed by atoms with E-state index in [0.717, 1.165) is 31.0 Å². The smallest absolute Gasteiger partial charge is 0.170 e. The van der Waals surface area contributed by atoms with E-state index in [-0.39, 0.29) is 0 Å². The summed E-state index contributed by atoms with van der Waals surface area (Å²) in [6.45, 7) is 1.64. The molecule has 1 saturated carbocycles. The highest BCUT2D eigenvalue weighted by molar-refractivity contribution is 7.80. The van der Waals surface area contributed by atoms with Crippen molar-refractivity contribution < 1.29 is 9.47 Å². The highest BCUT2D eigenvalue weighted by atomic mass is 32.1. The zero-order valence-electron chi connectivity index (χ0n) is 12.6. The number of thiocarbonyl (C=S) groups is 1. The molecule has 1 aromatic rings. The summed E-state index contributed by atoms with van der Waals surface area (Å²) < 4.78 is 10.9. The lowest BCUT2D eigenvalue weighted by Gasteiger charge is -2.13. The Kier molecular flexibility index (Phi) is 6.76. The average Bonchev–Trinajstić information content (AvgIpc) is 3.01. The van der Waals surface area contributed by atoms with E-state index in [1.54, 1.807) is 7.11 Å². The Labute approximate surface area is 132 Å². The lowest BCUT2D eigenvalue weighted by Crippen LogP contribution is -2.30. The van der Waals surface area contributed by atoms with Gasteiger partial charge >= 0.3 is 0 Å². The van der Waals surface area contributed by atoms with Gasteiger partial charge in [0.05, 0.1) is 13.2 Å². The molecule has 21 heavy (non-hydrogen) atoms. The number of hydrogen-bond donors (Lipinski definition) is 2.